The number of aliphatic hydroxyl groups is 1. The summed E-state index contributed by atoms with van der Waals surface area (Å²) in [7, 11) is 6.94. The van der Waals surface area contributed by atoms with Gasteiger partial charge in [-0.15, -0.1) is 37.2 Å². The summed E-state index contributed by atoms with van der Waals surface area (Å²) in [5.41, 5.74) is 5.49. The fraction of sp³-hybridized carbons (Fsp3) is 0.714. The Morgan fingerprint density at radius 3 is 1.79 bits per heavy atom. The molecule has 53 heavy (non-hydrogen) atoms. The molecule has 0 aliphatic carbocycles. The van der Waals surface area contributed by atoms with Gasteiger partial charge < -0.3 is 29.0 Å². The van der Waals surface area contributed by atoms with Gasteiger partial charge in [-0.3, -0.25) is 9.80 Å². The summed E-state index contributed by atoms with van der Waals surface area (Å²) in [6.07, 6.45) is 12.3. The van der Waals surface area contributed by atoms with E-state index in [1.807, 2.05) is 0 Å². The molecule has 0 radical (unpaired) electrons. The lowest BCUT2D eigenvalue weighted by Crippen LogP contribution is -2.48. The minimum absolute atomic E-state index is 0. The third-order valence-corrected chi connectivity index (χ3v) is 12.0. The number of rotatable bonds is 19. The molecule has 2 aromatic carbocycles. The summed E-state index contributed by atoms with van der Waals surface area (Å²) in [5.74, 6) is 4.41. The zero-order valence-corrected chi connectivity index (χ0v) is 36.0. The fourth-order valence-corrected chi connectivity index (χ4v) is 9.21. The van der Waals surface area contributed by atoms with Crippen molar-refractivity contribution in [1.29, 1.82) is 0 Å². The van der Waals surface area contributed by atoms with Gasteiger partial charge in [-0.1, -0.05) is 52.9 Å². The Kier molecular flexibility index (Phi) is 21.0. The third kappa shape index (κ3) is 11.7. The lowest BCUT2D eigenvalue weighted by Gasteiger charge is -2.49. The summed E-state index contributed by atoms with van der Waals surface area (Å²) < 4.78 is 23.1. The van der Waals surface area contributed by atoms with Crippen molar-refractivity contribution in [3.8, 4) is 23.0 Å². The molecule has 1 N–H and O–H groups in total. The molecule has 3 aliphatic heterocycles. The van der Waals surface area contributed by atoms with E-state index in [9.17, 15) is 5.11 Å². The van der Waals surface area contributed by atoms with Gasteiger partial charge in [0.1, 0.15) is 0 Å². The van der Waals surface area contributed by atoms with Crippen molar-refractivity contribution in [1.82, 2.24) is 14.7 Å². The molecule has 5 rings (SSSR count). The van der Waals surface area contributed by atoms with Crippen LogP contribution in [-0.4, -0.2) is 100 Å². The maximum absolute atomic E-state index is 11.7. The summed E-state index contributed by atoms with van der Waals surface area (Å²) >= 11 is 0. The van der Waals surface area contributed by atoms with Crippen LogP contribution in [0.25, 0.3) is 0 Å². The van der Waals surface area contributed by atoms with E-state index in [0.717, 1.165) is 87.9 Å². The molecule has 3 heterocycles. The number of fused-ring (bicyclic) bond motifs is 4. The van der Waals surface area contributed by atoms with Crippen LogP contribution in [0.1, 0.15) is 113 Å². The van der Waals surface area contributed by atoms with Gasteiger partial charge >= 0.3 is 0 Å². The molecule has 5 atom stereocenters. The van der Waals surface area contributed by atoms with Crippen LogP contribution in [0.5, 0.6) is 23.0 Å². The molecule has 0 bridgehead atoms. The quantitative estimate of drug-likeness (QED) is 0.141. The highest BCUT2D eigenvalue weighted by molar-refractivity contribution is 5.86. The number of hydrogen-bond acceptors (Lipinski definition) is 8. The first kappa shape index (κ1) is 47.5. The molecule has 2 aromatic rings. The Morgan fingerprint density at radius 2 is 1.25 bits per heavy atom. The van der Waals surface area contributed by atoms with Crippen molar-refractivity contribution in [2.24, 2.45) is 11.8 Å². The number of halogens is 3. The average molecular weight is 803 g/mol. The van der Waals surface area contributed by atoms with Crippen LogP contribution < -0.4 is 18.9 Å². The van der Waals surface area contributed by atoms with E-state index in [1.54, 1.807) is 28.4 Å². The lowest BCUT2D eigenvalue weighted by atomic mass is 9.72. The largest absolute Gasteiger partial charge is 0.493 e. The highest BCUT2D eigenvalue weighted by Crippen LogP contribution is 2.49. The van der Waals surface area contributed by atoms with Gasteiger partial charge in [-0.05, 0) is 110 Å². The van der Waals surface area contributed by atoms with Crippen molar-refractivity contribution < 1.29 is 24.1 Å². The van der Waals surface area contributed by atoms with E-state index >= 15 is 0 Å². The lowest BCUT2D eigenvalue weighted by molar-refractivity contribution is 0.0155. The van der Waals surface area contributed by atoms with Crippen LogP contribution in [0.4, 0.5) is 0 Å². The third-order valence-electron chi connectivity index (χ3n) is 12.0. The first-order valence-electron chi connectivity index (χ1n) is 19.8. The maximum Gasteiger partial charge on any atom is 0.161 e. The number of unbranched alkanes of at least 4 members (excludes halogenated alkanes) is 4. The Morgan fingerprint density at radius 1 is 0.717 bits per heavy atom. The van der Waals surface area contributed by atoms with Crippen LogP contribution in [0, 0.1) is 11.8 Å². The highest BCUT2D eigenvalue weighted by Gasteiger charge is 2.41. The van der Waals surface area contributed by atoms with E-state index in [1.165, 1.54) is 67.2 Å². The first-order valence-corrected chi connectivity index (χ1v) is 19.8. The summed E-state index contributed by atoms with van der Waals surface area (Å²) in [5, 5.41) is 11.7. The molecule has 5 unspecified atom stereocenters. The summed E-state index contributed by atoms with van der Waals surface area (Å²) in [6.45, 7) is 13.7. The van der Waals surface area contributed by atoms with Crippen LogP contribution in [0.15, 0.2) is 24.3 Å². The van der Waals surface area contributed by atoms with E-state index in [2.05, 4.69) is 59.7 Å². The number of nitrogens with zero attached hydrogens (tertiary/aromatic N) is 3. The molecular formula is C42H70Cl3N3O5. The monoisotopic (exact) mass is 801 g/mol. The first-order chi connectivity index (χ1) is 24.4. The fourth-order valence-electron chi connectivity index (χ4n) is 9.21. The van der Waals surface area contributed by atoms with Crippen molar-refractivity contribution in [2.75, 3.05) is 74.3 Å². The van der Waals surface area contributed by atoms with Crippen LogP contribution in [0.2, 0.25) is 0 Å². The van der Waals surface area contributed by atoms with Crippen LogP contribution in [-0.2, 0) is 12.8 Å². The van der Waals surface area contributed by atoms with Gasteiger partial charge in [0, 0.05) is 44.8 Å². The molecule has 8 nitrogen and oxygen atoms in total. The second-order valence-corrected chi connectivity index (χ2v) is 15.1. The predicted molar refractivity (Wildman–Crippen MR) is 225 cm³/mol. The van der Waals surface area contributed by atoms with E-state index in [4.69, 9.17) is 18.9 Å². The van der Waals surface area contributed by atoms with Crippen molar-refractivity contribution in [3.05, 3.63) is 46.5 Å². The Labute approximate surface area is 339 Å². The Hall–Kier alpha value is -1.65. The topological polar surface area (TPSA) is 66.9 Å². The zero-order chi connectivity index (χ0) is 35.6. The van der Waals surface area contributed by atoms with E-state index in [-0.39, 0.29) is 49.4 Å². The minimum Gasteiger partial charge on any atom is -0.493 e. The number of ether oxygens (including phenoxy) is 4. The second-order valence-electron chi connectivity index (χ2n) is 15.1. The molecule has 11 heteroatoms. The normalized spacial score (nSPS) is 21.5. The van der Waals surface area contributed by atoms with E-state index in [0.29, 0.717) is 24.4 Å². The number of β-amino-alcohol motifs (C(OH)–C–C–N with tert-alkyl or cyclic N) is 1. The number of benzene rings is 2. The summed E-state index contributed by atoms with van der Waals surface area (Å²) in [4.78, 5) is 7.87. The number of aliphatic hydroxyl groups excluding tert-OH is 1. The van der Waals surface area contributed by atoms with Gasteiger partial charge in [0.05, 0.1) is 34.5 Å². The minimum atomic E-state index is -0.390. The van der Waals surface area contributed by atoms with Crippen molar-refractivity contribution >= 4 is 37.2 Å². The molecule has 3 aliphatic rings. The van der Waals surface area contributed by atoms with Crippen LogP contribution in [0.3, 0.4) is 0 Å². The van der Waals surface area contributed by atoms with E-state index < -0.39 is 0 Å². The van der Waals surface area contributed by atoms with Gasteiger partial charge in [-0.2, -0.15) is 0 Å². The number of methoxy groups -OCH3 is 4. The molecule has 0 saturated carbocycles. The second kappa shape index (κ2) is 23.4. The molecule has 1 saturated heterocycles. The van der Waals surface area contributed by atoms with Crippen LogP contribution >= 0.6 is 37.2 Å². The van der Waals surface area contributed by atoms with Gasteiger partial charge in [0.2, 0.25) is 0 Å². The summed E-state index contributed by atoms with van der Waals surface area (Å²) in [6, 6.07) is 9.48. The Balaban J connectivity index is 0.00000324. The maximum atomic E-state index is 11.7. The Bertz CT molecular complexity index is 1360. The van der Waals surface area contributed by atoms with Crippen molar-refractivity contribution in [3.63, 3.8) is 0 Å². The van der Waals surface area contributed by atoms with Gasteiger partial charge in [0.15, 0.2) is 23.0 Å². The molecule has 0 aromatic heterocycles. The van der Waals surface area contributed by atoms with Crippen molar-refractivity contribution in [2.45, 2.75) is 110 Å². The molecule has 0 amide bonds. The molecule has 304 valence electrons. The van der Waals surface area contributed by atoms with Gasteiger partial charge in [-0.25, -0.2) is 0 Å². The predicted octanol–water partition coefficient (Wildman–Crippen LogP) is 8.96. The standard InChI is InChI=1S/C42H67N3O5.3ClH/c1-8-11-13-17-43(18-14-12-9-2)28-34(46)29-45-20-16-32-24-40(48-5)42(50-7)26-36(32)38(45)22-33-21-37-35-25-41(49-6)39(47-4)23-31(35)15-19-44(37)27-30(33)10-3;;;/h23-26,30,33-34,37-38,46H,8-22,27-29H2,1-7H3;3*1H. The smallest absolute Gasteiger partial charge is 0.161 e. The molecular weight excluding hydrogens is 733 g/mol. The average Bonchev–Trinajstić information content (AvgIpc) is 3.14. The molecule has 0 spiro atoms. The SMILES string of the molecule is CCCCCN(CCCCC)CC(O)CN1CCc2cc(OC)c(OC)cc2C1CC1CC2c3cc(OC)c(OC)cc3CCN2CC1CC.Cl.Cl.Cl. The van der Waals surface area contributed by atoms with Gasteiger partial charge in [0.25, 0.3) is 0 Å². The highest BCUT2D eigenvalue weighted by atomic mass is 35.5. The number of piperidine rings is 1. The number of hydrogen-bond donors (Lipinski definition) is 1. The molecule has 1 fully saturated rings. The zero-order valence-electron chi connectivity index (χ0n) is 33.6.